The molecule has 1 saturated heterocycles. The fourth-order valence-electron chi connectivity index (χ4n) is 4.57. The predicted octanol–water partition coefficient (Wildman–Crippen LogP) is 4.23. The van der Waals surface area contributed by atoms with Gasteiger partial charge in [0.05, 0.1) is 12.2 Å². The highest BCUT2D eigenvalue weighted by Gasteiger charge is 2.34. The lowest BCUT2D eigenvalue weighted by Gasteiger charge is -2.20. The second kappa shape index (κ2) is 9.13. The number of H-pyrrole nitrogens is 1. The Morgan fingerprint density at radius 3 is 2.58 bits per heavy atom. The number of fused-ring (bicyclic) bond motifs is 1. The Morgan fingerprint density at radius 2 is 1.79 bits per heavy atom. The maximum atomic E-state index is 13.4. The second-order valence-corrected chi connectivity index (χ2v) is 8.48. The Bertz CT molecular complexity index is 1250. The van der Waals surface area contributed by atoms with E-state index in [1.54, 1.807) is 24.5 Å². The van der Waals surface area contributed by atoms with Gasteiger partial charge in [0, 0.05) is 41.3 Å². The first-order valence-electron chi connectivity index (χ1n) is 11.2. The number of halogens is 1. The minimum atomic E-state index is -0.271. The van der Waals surface area contributed by atoms with Gasteiger partial charge in [-0.05, 0) is 65.6 Å². The maximum absolute atomic E-state index is 13.4. The average Bonchev–Trinajstić information content (AvgIpc) is 3.39. The molecule has 4 aromatic rings. The Hall–Kier alpha value is -3.55. The number of amides is 1. The number of carbonyl (C=O) groups excluding carboxylic acids is 1. The molecule has 1 amide bonds. The van der Waals surface area contributed by atoms with Crippen LogP contribution in [-0.2, 0) is 11.2 Å². The summed E-state index contributed by atoms with van der Waals surface area (Å²) in [5, 5.41) is 4.20. The molecule has 3 atom stereocenters. The molecule has 168 valence electrons. The average molecular weight is 444 g/mol. The summed E-state index contributed by atoms with van der Waals surface area (Å²) in [5.41, 5.74) is 11.5. The molecule has 0 saturated carbocycles. The molecule has 0 spiro atoms. The van der Waals surface area contributed by atoms with Crippen molar-refractivity contribution in [3.63, 3.8) is 0 Å². The molecule has 0 aliphatic carbocycles. The highest BCUT2D eigenvalue weighted by atomic mass is 19.1. The summed E-state index contributed by atoms with van der Waals surface area (Å²) in [6, 6.07) is 18.5. The number of hydrogen-bond acceptors (Lipinski definition) is 4. The van der Waals surface area contributed by atoms with Crippen LogP contribution in [-0.4, -0.2) is 22.0 Å². The molecule has 2 aromatic heterocycles. The van der Waals surface area contributed by atoms with E-state index in [0.717, 1.165) is 33.3 Å². The fraction of sp³-hybridized carbons (Fsp3) is 0.231. The number of carbonyl (C=O) groups is 1. The maximum Gasteiger partial charge on any atom is 0.221 e. The van der Waals surface area contributed by atoms with Crippen LogP contribution in [0, 0.1) is 11.7 Å². The molecule has 2 aromatic carbocycles. The molecule has 6 nitrogen and oxygen atoms in total. The van der Waals surface area contributed by atoms with Crippen molar-refractivity contribution >= 4 is 16.8 Å². The number of aryl methyl sites for hydroxylation is 1. The number of nitrogens with one attached hydrogen (secondary N) is 4. The van der Waals surface area contributed by atoms with E-state index in [4.69, 9.17) is 0 Å². The van der Waals surface area contributed by atoms with Gasteiger partial charge in [0.1, 0.15) is 5.82 Å². The lowest BCUT2D eigenvalue weighted by Crippen LogP contribution is -2.46. The molecule has 7 heteroatoms. The van der Waals surface area contributed by atoms with E-state index in [-0.39, 0.29) is 29.8 Å². The van der Waals surface area contributed by atoms with Crippen molar-refractivity contribution in [3.8, 4) is 11.3 Å². The summed E-state index contributed by atoms with van der Waals surface area (Å²) in [6.07, 6.45) is 4.30. The lowest BCUT2D eigenvalue weighted by atomic mass is 9.95. The van der Waals surface area contributed by atoms with Gasteiger partial charge >= 0.3 is 0 Å². The summed E-state index contributed by atoms with van der Waals surface area (Å²) in [6.45, 7) is 2.11. The van der Waals surface area contributed by atoms with Crippen molar-refractivity contribution < 1.29 is 9.18 Å². The fourth-order valence-corrected chi connectivity index (χ4v) is 4.57. The molecule has 5 rings (SSSR count). The quantitative estimate of drug-likeness (QED) is 0.360. The third kappa shape index (κ3) is 4.37. The first kappa shape index (κ1) is 21.3. The van der Waals surface area contributed by atoms with E-state index in [1.165, 1.54) is 12.1 Å². The van der Waals surface area contributed by atoms with Crippen LogP contribution in [0.15, 0.2) is 73.1 Å². The van der Waals surface area contributed by atoms with Gasteiger partial charge in [-0.25, -0.2) is 15.2 Å². The summed E-state index contributed by atoms with van der Waals surface area (Å²) in [4.78, 5) is 20.4. The van der Waals surface area contributed by atoms with Crippen LogP contribution in [0.3, 0.4) is 0 Å². The van der Waals surface area contributed by atoms with Gasteiger partial charge in [-0.2, -0.15) is 0 Å². The minimum absolute atomic E-state index is 0.0214. The number of aromatic amines is 1. The number of para-hydroxylation sites is 1. The smallest absolute Gasteiger partial charge is 0.221 e. The van der Waals surface area contributed by atoms with E-state index >= 15 is 0 Å². The molecule has 3 heterocycles. The van der Waals surface area contributed by atoms with E-state index < -0.39 is 0 Å². The SMILES string of the molecule is CC1C(NC(=O)CCc2c(-c3ccc(F)cc3)[nH]c3ccccc23)NNC1c1ccncc1. The van der Waals surface area contributed by atoms with Crippen molar-refractivity contribution in [2.24, 2.45) is 5.92 Å². The van der Waals surface area contributed by atoms with Crippen molar-refractivity contribution in [2.45, 2.75) is 32.0 Å². The van der Waals surface area contributed by atoms with Gasteiger partial charge in [0.2, 0.25) is 5.91 Å². The summed E-state index contributed by atoms with van der Waals surface area (Å²) >= 11 is 0. The molecule has 1 fully saturated rings. The Morgan fingerprint density at radius 1 is 1.03 bits per heavy atom. The first-order chi connectivity index (χ1) is 16.1. The van der Waals surface area contributed by atoms with Crippen LogP contribution in [0.5, 0.6) is 0 Å². The van der Waals surface area contributed by atoms with Crippen molar-refractivity contribution in [3.05, 3.63) is 90.0 Å². The van der Waals surface area contributed by atoms with Gasteiger partial charge in [-0.1, -0.05) is 25.1 Å². The zero-order valence-electron chi connectivity index (χ0n) is 18.3. The highest BCUT2D eigenvalue weighted by molar-refractivity contribution is 5.91. The summed E-state index contributed by atoms with van der Waals surface area (Å²) in [5.74, 6) is -0.126. The minimum Gasteiger partial charge on any atom is -0.354 e. The van der Waals surface area contributed by atoms with Gasteiger partial charge < -0.3 is 10.3 Å². The molecule has 1 aliphatic heterocycles. The molecule has 33 heavy (non-hydrogen) atoms. The number of rotatable bonds is 6. The molecule has 3 unspecified atom stereocenters. The molecule has 4 N–H and O–H groups in total. The van der Waals surface area contributed by atoms with Crippen molar-refractivity contribution in [1.29, 1.82) is 0 Å². The van der Waals surface area contributed by atoms with E-state index in [1.807, 2.05) is 30.3 Å². The summed E-state index contributed by atoms with van der Waals surface area (Å²) in [7, 11) is 0. The number of aromatic nitrogens is 2. The summed E-state index contributed by atoms with van der Waals surface area (Å²) < 4.78 is 13.4. The van der Waals surface area contributed by atoms with E-state index in [2.05, 4.69) is 39.1 Å². The number of hydrogen-bond donors (Lipinski definition) is 4. The molecular formula is C26H26FN5O. The first-order valence-corrected chi connectivity index (χ1v) is 11.2. The molecular weight excluding hydrogens is 417 g/mol. The van der Waals surface area contributed by atoms with Gasteiger partial charge in [-0.15, -0.1) is 0 Å². The predicted molar refractivity (Wildman–Crippen MR) is 126 cm³/mol. The second-order valence-electron chi connectivity index (χ2n) is 8.48. The third-order valence-corrected chi connectivity index (χ3v) is 6.38. The zero-order valence-corrected chi connectivity index (χ0v) is 18.3. The van der Waals surface area contributed by atoms with Crippen LogP contribution in [0.25, 0.3) is 22.2 Å². The Kier molecular flexibility index (Phi) is 5.90. The Labute approximate surface area is 191 Å². The van der Waals surface area contributed by atoms with Gasteiger partial charge in [-0.3, -0.25) is 9.78 Å². The lowest BCUT2D eigenvalue weighted by molar-refractivity contribution is -0.122. The monoisotopic (exact) mass is 443 g/mol. The van der Waals surface area contributed by atoms with E-state index in [9.17, 15) is 9.18 Å². The van der Waals surface area contributed by atoms with Crippen molar-refractivity contribution in [2.75, 3.05) is 0 Å². The largest absolute Gasteiger partial charge is 0.354 e. The standard InChI is InChI=1S/C26H26FN5O/c1-16-24(18-12-14-28-15-13-18)31-32-26(16)30-23(33)11-10-21-20-4-2-3-5-22(20)29-25(21)17-6-8-19(27)9-7-17/h2-9,12-16,24,26,29,31-32H,10-11H2,1H3,(H,30,33). The van der Waals surface area contributed by atoms with E-state index in [0.29, 0.717) is 12.8 Å². The number of hydrazine groups is 1. The number of nitrogens with zero attached hydrogens (tertiary/aromatic N) is 1. The number of benzene rings is 2. The van der Waals surface area contributed by atoms with Crippen LogP contribution in [0.2, 0.25) is 0 Å². The number of pyridine rings is 1. The van der Waals surface area contributed by atoms with Crippen LogP contribution in [0.4, 0.5) is 4.39 Å². The topological polar surface area (TPSA) is 81.8 Å². The molecule has 1 aliphatic rings. The van der Waals surface area contributed by atoms with Crippen LogP contribution in [0.1, 0.15) is 30.5 Å². The van der Waals surface area contributed by atoms with Crippen LogP contribution < -0.4 is 16.2 Å². The normalized spacial score (nSPS) is 20.2. The highest BCUT2D eigenvalue weighted by Crippen LogP contribution is 2.32. The van der Waals surface area contributed by atoms with Gasteiger partial charge in [0.25, 0.3) is 0 Å². The van der Waals surface area contributed by atoms with Crippen molar-refractivity contribution in [1.82, 2.24) is 26.1 Å². The molecule has 0 bridgehead atoms. The van der Waals surface area contributed by atoms with Gasteiger partial charge in [0.15, 0.2) is 0 Å². The Balaban J connectivity index is 1.29. The molecule has 0 radical (unpaired) electrons. The third-order valence-electron chi connectivity index (χ3n) is 6.38. The zero-order chi connectivity index (χ0) is 22.8. The van der Waals surface area contributed by atoms with Crippen LogP contribution >= 0.6 is 0 Å².